The standard InChI is InChI=1S/C19H22N2O3/c1-3-16(14-10-8-13(2)9-11-14)21-18(22)12-24-17-7-5-4-6-15(17)19(20)23/h4-11,16H,3,12H2,1-2H3,(H2,20,23)(H,21,22)/t16-/m1/s1. The van der Waals surface area contributed by atoms with Crippen LogP contribution in [0.2, 0.25) is 0 Å². The van der Waals surface area contributed by atoms with Crippen molar-refractivity contribution in [2.45, 2.75) is 26.3 Å². The van der Waals surface area contributed by atoms with Crippen molar-refractivity contribution in [2.24, 2.45) is 5.73 Å². The van der Waals surface area contributed by atoms with E-state index >= 15 is 0 Å². The van der Waals surface area contributed by atoms with Crippen molar-refractivity contribution in [1.82, 2.24) is 5.32 Å². The first-order chi connectivity index (χ1) is 11.5. The summed E-state index contributed by atoms with van der Waals surface area (Å²) in [5.41, 5.74) is 7.77. The molecule has 24 heavy (non-hydrogen) atoms. The average Bonchev–Trinajstić information content (AvgIpc) is 2.59. The highest BCUT2D eigenvalue weighted by Crippen LogP contribution is 2.19. The fraction of sp³-hybridized carbons (Fsp3) is 0.263. The molecule has 2 amide bonds. The molecule has 3 N–H and O–H groups in total. The van der Waals surface area contributed by atoms with Crippen LogP contribution in [0.5, 0.6) is 5.75 Å². The van der Waals surface area contributed by atoms with Crippen molar-refractivity contribution in [1.29, 1.82) is 0 Å². The Labute approximate surface area is 141 Å². The van der Waals surface area contributed by atoms with Crippen LogP contribution >= 0.6 is 0 Å². The second-order valence-electron chi connectivity index (χ2n) is 5.59. The summed E-state index contributed by atoms with van der Waals surface area (Å²) in [7, 11) is 0. The van der Waals surface area contributed by atoms with E-state index in [0.29, 0.717) is 5.75 Å². The van der Waals surface area contributed by atoms with Crippen molar-refractivity contribution < 1.29 is 14.3 Å². The van der Waals surface area contributed by atoms with Crippen LogP contribution in [0.3, 0.4) is 0 Å². The van der Waals surface area contributed by atoms with Crippen molar-refractivity contribution in [2.75, 3.05) is 6.61 Å². The van der Waals surface area contributed by atoms with Gasteiger partial charge in [-0.05, 0) is 31.0 Å². The molecule has 5 heteroatoms. The van der Waals surface area contributed by atoms with Gasteiger partial charge in [0, 0.05) is 0 Å². The largest absolute Gasteiger partial charge is 0.483 e. The molecule has 126 valence electrons. The van der Waals surface area contributed by atoms with Gasteiger partial charge >= 0.3 is 0 Å². The molecule has 5 nitrogen and oxygen atoms in total. The van der Waals surface area contributed by atoms with E-state index < -0.39 is 5.91 Å². The molecule has 0 aliphatic rings. The van der Waals surface area contributed by atoms with E-state index in [2.05, 4.69) is 5.32 Å². The minimum absolute atomic E-state index is 0.0758. The third-order valence-electron chi connectivity index (χ3n) is 3.73. The summed E-state index contributed by atoms with van der Waals surface area (Å²) in [6, 6.07) is 14.6. The van der Waals surface area contributed by atoms with Crippen LogP contribution in [0.25, 0.3) is 0 Å². The molecule has 0 saturated heterocycles. The number of rotatable bonds is 7. The quantitative estimate of drug-likeness (QED) is 0.821. The van der Waals surface area contributed by atoms with E-state index in [4.69, 9.17) is 10.5 Å². The highest BCUT2D eigenvalue weighted by molar-refractivity contribution is 5.95. The Balaban J connectivity index is 1.97. The Morgan fingerprint density at radius 1 is 1.12 bits per heavy atom. The Morgan fingerprint density at radius 3 is 2.42 bits per heavy atom. The summed E-state index contributed by atoms with van der Waals surface area (Å²) in [5.74, 6) is -0.526. The van der Waals surface area contributed by atoms with Gasteiger partial charge in [0.2, 0.25) is 0 Å². The van der Waals surface area contributed by atoms with E-state index in [0.717, 1.165) is 12.0 Å². The molecular formula is C19H22N2O3. The van der Waals surface area contributed by atoms with E-state index in [1.54, 1.807) is 24.3 Å². The minimum atomic E-state index is -0.586. The minimum Gasteiger partial charge on any atom is -0.483 e. The van der Waals surface area contributed by atoms with Gasteiger partial charge in [0.15, 0.2) is 6.61 Å². The van der Waals surface area contributed by atoms with Crippen LogP contribution < -0.4 is 15.8 Å². The molecule has 2 rings (SSSR count). The van der Waals surface area contributed by atoms with Crippen molar-refractivity contribution >= 4 is 11.8 Å². The molecule has 0 bridgehead atoms. The maximum Gasteiger partial charge on any atom is 0.258 e. The Bertz CT molecular complexity index is 711. The number of nitrogens with one attached hydrogen (secondary N) is 1. The van der Waals surface area contributed by atoms with Gasteiger partial charge < -0.3 is 15.8 Å². The van der Waals surface area contributed by atoms with Crippen LogP contribution in [0, 0.1) is 6.92 Å². The second-order valence-corrected chi connectivity index (χ2v) is 5.59. The number of hydrogen-bond acceptors (Lipinski definition) is 3. The normalized spacial score (nSPS) is 11.6. The molecule has 0 fully saturated rings. The Hall–Kier alpha value is -2.82. The average molecular weight is 326 g/mol. The van der Waals surface area contributed by atoms with Gasteiger partial charge in [0.25, 0.3) is 11.8 Å². The van der Waals surface area contributed by atoms with Crippen LogP contribution in [0.15, 0.2) is 48.5 Å². The van der Waals surface area contributed by atoms with Crippen LogP contribution in [-0.4, -0.2) is 18.4 Å². The molecule has 0 aliphatic carbocycles. The zero-order chi connectivity index (χ0) is 17.5. The van der Waals surface area contributed by atoms with E-state index in [-0.39, 0.29) is 24.1 Å². The zero-order valence-electron chi connectivity index (χ0n) is 13.9. The molecule has 0 aliphatic heterocycles. The van der Waals surface area contributed by atoms with Gasteiger partial charge in [-0.15, -0.1) is 0 Å². The molecule has 0 unspecified atom stereocenters. The summed E-state index contributed by atoms with van der Waals surface area (Å²) >= 11 is 0. The van der Waals surface area contributed by atoms with Crippen molar-refractivity contribution in [3.05, 3.63) is 65.2 Å². The third-order valence-corrected chi connectivity index (χ3v) is 3.73. The molecule has 0 spiro atoms. The number of nitrogens with two attached hydrogens (primary N) is 1. The molecule has 2 aromatic rings. The van der Waals surface area contributed by atoms with Crippen LogP contribution in [0.4, 0.5) is 0 Å². The van der Waals surface area contributed by atoms with Crippen LogP contribution in [-0.2, 0) is 4.79 Å². The number of hydrogen-bond donors (Lipinski definition) is 2. The highest BCUT2D eigenvalue weighted by Gasteiger charge is 2.14. The summed E-state index contributed by atoms with van der Waals surface area (Å²) in [5, 5.41) is 2.94. The van der Waals surface area contributed by atoms with Gasteiger partial charge in [-0.3, -0.25) is 9.59 Å². The maximum absolute atomic E-state index is 12.2. The van der Waals surface area contributed by atoms with Gasteiger partial charge in [-0.25, -0.2) is 0 Å². The summed E-state index contributed by atoms with van der Waals surface area (Å²) in [4.78, 5) is 23.5. The first kappa shape index (κ1) is 17.5. The van der Waals surface area contributed by atoms with Gasteiger partial charge in [-0.1, -0.05) is 48.9 Å². The van der Waals surface area contributed by atoms with E-state index in [1.165, 1.54) is 5.56 Å². The summed E-state index contributed by atoms with van der Waals surface area (Å²) < 4.78 is 5.45. The first-order valence-electron chi connectivity index (χ1n) is 7.88. The second kappa shape index (κ2) is 8.15. The maximum atomic E-state index is 12.2. The SMILES string of the molecule is CC[C@@H](NC(=O)COc1ccccc1C(N)=O)c1ccc(C)cc1. The van der Waals surface area contributed by atoms with Crippen molar-refractivity contribution in [3.63, 3.8) is 0 Å². The lowest BCUT2D eigenvalue weighted by molar-refractivity contribution is -0.123. The zero-order valence-corrected chi connectivity index (χ0v) is 13.9. The number of ether oxygens (including phenoxy) is 1. The number of primary amides is 1. The van der Waals surface area contributed by atoms with E-state index in [1.807, 2.05) is 38.1 Å². The number of benzene rings is 2. The summed E-state index contributed by atoms with van der Waals surface area (Å²) in [6.07, 6.45) is 0.771. The molecule has 2 aromatic carbocycles. The third kappa shape index (κ3) is 4.59. The first-order valence-corrected chi connectivity index (χ1v) is 7.88. The highest BCUT2D eigenvalue weighted by atomic mass is 16.5. The summed E-state index contributed by atoms with van der Waals surface area (Å²) in [6.45, 7) is 3.86. The predicted octanol–water partition coefficient (Wildman–Crippen LogP) is 2.74. The van der Waals surface area contributed by atoms with Gasteiger partial charge in [0.1, 0.15) is 5.75 Å². The number of carbonyl (C=O) groups excluding carboxylic acids is 2. The fourth-order valence-electron chi connectivity index (χ4n) is 2.40. The predicted molar refractivity (Wildman–Crippen MR) is 92.8 cm³/mol. The monoisotopic (exact) mass is 326 g/mol. The Morgan fingerprint density at radius 2 is 1.79 bits per heavy atom. The topological polar surface area (TPSA) is 81.4 Å². The Kier molecular flexibility index (Phi) is 5.95. The molecule has 0 aromatic heterocycles. The molecule has 1 atom stereocenters. The van der Waals surface area contributed by atoms with Crippen molar-refractivity contribution in [3.8, 4) is 5.75 Å². The van der Waals surface area contributed by atoms with Gasteiger partial charge in [-0.2, -0.15) is 0 Å². The molecule has 0 radical (unpaired) electrons. The lowest BCUT2D eigenvalue weighted by Gasteiger charge is -2.18. The number of para-hydroxylation sites is 1. The molecular weight excluding hydrogens is 304 g/mol. The lowest BCUT2D eigenvalue weighted by Crippen LogP contribution is -2.32. The number of aryl methyl sites for hydroxylation is 1. The molecule has 0 saturated carbocycles. The number of carbonyl (C=O) groups is 2. The van der Waals surface area contributed by atoms with Gasteiger partial charge in [0.05, 0.1) is 11.6 Å². The smallest absolute Gasteiger partial charge is 0.258 e. The number of amides is 2. The van der Waals surface area contributed by atoms with Crippen LogP contribution in [0.1, 0.15) is 40.9 Å². The lowest BCUT2D eigenvalue weighted by atomic mass is 10.0. The van der Waals surface area contributed by atoms with E-state index in [9.17, 15) is 9.59 Å². The fourth-order valence-corrected chi connectivity index (χ4v) is 2.40. The molecule has 0 heterocycles.